The van der Waals surface area contributed by atoms with Crippen molar-refractivity contribution >= 4 is 39.1 Å². The van der Waals surface area contributed by atoms with E-state index in [-0.39, 0.29) is 0 Å². The van der Waals surface area contributed by atoms with Gasteiger partial charge in [0.25, 0.3) is 0 Å². The fourth-order valence-electron chi connectivity index (χ4n) is 2.74. The molecule has 2 aromatic carbocycles. The summed E-state index contributed by atoms with van der Waals surface area (Å²) in [6, 6.07) is 19.3. The van der Waals surface area contributed by atoms with Gasteiger partial charge in [-0.15, -0.1) is 11.3 Å². The Labute approximate surface area is 122 Å². The minimum absolute atomic E-state index is 1.000. The molecule has 0 unspecified atom stereocenters. The van der Waals surface area contributed by atoms with Crippen LogP contribution in [-0.4, -0.2) is 0 Å². The van der Waals surface area contributed by atoms with E-state index >= 15 is 0 Å². The second-order valence-electron chi connectivity index (χ2n) is 5.02. The van der Waals surface area contributed by atoms with Crippen LogP contribution < -0.4 is 0 Å². The minimum atomic E-state index is 1.000. The molecule has 0 nitrogen and oxygen atoms in total. The summed E-state index contributed by atoms with van der Waals surface area (Å²) in [5.74, 6) is 0. The van der Waals surface area contributed by atoms with Gasteiger partial charge in [-0.1, -0.05) is 54.6 Å². The monoisotopic (exact) mass is 274 g/mol. The van der Waals surface area contributed by atoms with Crippen LogP contribution in [0.1, 0.15) is 22.4 Å². The van der Waals surface area contributed by atoms with Crippen molar-refractivity contribution in [3.8, 4) is 0 Å². The molecular weight excluding hydrogens is 260 g/mol. The molecular formula is C19H14S. The van der Waals surface area contributed by atoms with Gasteiger partial charge in [0, 0.05) is 20.5 Å². The number of thiophene rings is 1. The summed E-state index contributed by atoms with van der Waals surface area (Å²) in [7, 11) is 0. The van der Waals surface area contributed by atoms with Crippen molar-refractivity contribution in [3.63, 3.8) is 0 Å². The Kier molecular flexibility index (Phi) is 2.79. The van der Waals surface area contributed by atoms with Crippen molar-refractivity contribution in [1.29, 1.82) is 0 Å². The standard InChI is InChI=1S/C19H14S/c1-2-7-14(8-3-1)15-9-6-12-19-17(13-15)16-10-4-5-11-18(16)20-19/h1-8,10-13H,9H2. The predicted octanol–water partition coefficient (Wildman–Crippen LogP) is 5.86. The molecule has 0 aliphatic heterocycles. The Hall–Kier alpha value is -2.12. The van der Waals surface area contributed by atoms with E-state index in [1.54, 1.807) is 0 Å². The smallest absolute Gasteiger partial charge is 0.0355 e. The molecule has 0 saturated carbocycles. The van der Waals surface area contributed by atoms with E-state index in [4.69, 9.17) is 0 Å². The van der Waals surface area contributed by atoms with E-state index in [1.807, 2.05) is 11.3 Å². The maximum Gasteiger partial charge on any atom is 0.0355 e. The molecule has 0 radical (unpaired) electrons. The molecule has 1 aliphatic carbocycles. The lowest BCUT2D eigenvalue weighted by atomic mass is 10.0. The molecule has 1 aliphatic rings. The molecule has 0 saturated heterocycles. The van der Waals surface area contributed by atoms with Crippen LogP contribution >= 0.6 is 11.3 Å². The zero-order valence-electron chi connectivity index (χ0n) is 11.0. The lowest BCUT2D eigenvalue weighted by Crippen LogP contribution is -1.82. The Morgan fingerprint density at radius 1 is 0.850 bits per heavy atom. The summed E-state index contributed by atoms with van der Waals surface area (Å²) in [6.45, 7) is 0. The SMILES string of the molecule is C1=Cc2sc3ccccc3c2C=C(c2ccccc2)C1. The van der Waals surface area contributed by atoms with Crippen LogP contribution in [0.2, 0.25) is 0 Å². The molecule has 0 bridgehead atoms. The van der Waals surface area contributed by atoms with Gasteiger partial charge in [0.15, 0.2) is 0 Å². The number of rotatable bonds is 1. The average Bonchev–Trinajstić information content (AvgIpc) is 2.71. The van der Waals surface area contributed by atoms with Gasteiger partial charge in [-0.05, 0) is 35.8 Å². The first-order valence-electron chi connectivity index (χ1n) is 6.86. The molecule has 1 heterocycles. The number of allylic oxidation sites excluding steroid dienone is 2. The van der Waals surface area contributed by atoms with Crippen molar-refractivity contribution in [2.24, 2.45) is 0 Å². The van der Waals surface area contributed by atoms with E-state index < -0.39 is 0 Å². The molecule has 0 spiro atoms. The lowest BCUT2D eigenvalue weighted by Gasteiger charge is -2.04. The number of hydrogen-bond donors (Lipinski definition) is 0. The highest BCUT2D eigenvalue weighted by Crippen LogP contribution is 2.37. The minimum Gasteiger partial charge on any atom is -0.135 e. The molecule has 4 rings (SSSR count). The van der Waals surface area contributed by atoms with Crippen LogP contribution in [0.3, 0.4) is 0 Å². The zero-order valence-corrected chi connectivity index (χ0v) is 11.9. The van der Waals surface area contributed by atoms with Gasteiger partial charge in [0.05, 0.1) is 0 Å². The van der Waals surface area contributed by atoms with Crippen LogP contribution in [-0.2, 0) is 0 Å². The maximum atomic E-state index is 2.36. The Bertz CT molecular complexity index is 819. The number of hydrogen-bond acceptors (Lipinski definition) is 1. The van der Waals surface area contributed by atoms with Gasteiger partial charge >= 0.3 is 0 Å². The topological polar surface area (TPSA) is 0 Å². The molecule has 0 amide bonds. The average molecular weight is 274 g/mol. The van der Waals surface area contributed by atoms with E-state index in [9.17, 15) is 0 Å². The van der Waals surface area contributed by atoms with Crippen molar-refractivity contribution < 1.29 is 0 Å². The highest BCUT2D eigenvalue weighted by Gasteiger charge is 2.12. The highest BCUT2D eigenvalue weighted by molar-refractivity contribution is 7.20. The zero-order chi connectivity index (χ0) is 13.4. The molecule has 1 heteroatoms. The van der Waals surface area contributed by atoms with Crippen molar-refractivity contribution in [3.05, 3.63) is 76.7 Å². The summed E-state index contributed by atoms with van der Waals surface area (Å²) < 4.78 is 1.37. The van der Waals surface area contributed by atoms with Crippen LogP contribution in [0.25, 0.3) is 27.8 Å². The third-order valence-corrected chi connectivity index (χ3v) is 4.88. The first kappa shape index (κ1) is 11.7. The summed E-state index contributed by atoms with van der Waals surface area (Å²) >= 11 is 1.88. The quantitative estimate of drug-likeness (QED) is 0.521. The van der Waals surface area contributed by atoms with Gasteiger partial charge in [0.1, 0.15) is 0 Å². The normalized spacial score (nSPS) is 13.9. The lowest BCUT2D eigenvalue weighted by molar-refractivity contribution is 1.42. The molecule has 1 aromatic heterocycles. The van der Waals surface area contributed by atoms with Gasteiger partial charge in [-0.25, -0.2) is 0 Å². The Balaban J connectivity index is 1.95. The first-order chi connectivity index (χ1) is 9.92. The second-order valence-corrected chi connectivity index (χ2v) is 6.10. The van der Waals surface area contributed by atoms with Crippen molar-refractivity contribution in [2.75, 3.05) is 0 Å². The first-order valence-corrected chi connectivity index (χ1v) is 7.67. The third-order valence-electron chi connectivity index (χ3n) is 3.73. The van der Waals surface area contributed by atoms with Gasteiger partial charge < -0.3 is 0 Å². The maximum absolute atomic E-state index is 2.36. The largest absolute Gasteiger partial charge is 0.135 e. The van der Waals surface area contributed by atoms with Crippen molar-refractivity contribution in [1.82, 2.24) is 0 Å². The van der Waals surface area contributed by atoms with Gasteiger partial charge in [0.2, 0.25) is 0 Å². The Morgan fingerprint density at radius 3 is 2.55 bits per heavy atom. The van der Waals surface area contributed by atoms with E-state index in [1.165, 1.54) is 31.7 Å². The van der Waals surface area contributed by atoms with Gasteiger partial charge in [-0.2, -0.15) is 0 Å². The molecule has 0 atom stereocenters. The molecule has 20 heavy (non-hydrogen) atoms. The predicted molar refractivity (Wildman–Crippen MR) is 89.8 cm³/mol. The van der Waals surface area contributed by atoms with Crippen LogP contribution in [0, 0.1) is 0 Å². The molecule has 96 valence electrons. The number of benzene rings is 2. The van der Waals surface area contributed by atoms with Crippen LogP contribution in [0.4, 0.5) is 0 Å². The summed E-state index contributed by atoms with van der Waals surface area (Å²) in [4.78, 5) is 1.37. The summed E-state index contributed by atoms with van der Waals surface area (Å²) in [5.41, 5.74) is 4.09. The van der Waals surface area contributed by atoms with E-state index in [2.05, 4.69) is 72.8 Å². The fraction of sp³-hybridized carbons (Fsp3) is 0.0526. The van der Waals surface area contributed by atoms with Crippen molar-refractivity contribution in [2.45, 2.75) is 6.42 Å². The molecule has 0 N–H and O–H groups in total. The van der Waals surface area contributed by atoms with Crippen LogP contribution in [0.5, 0.6) is 0 Å². The Morgan fingerprint density at radius 2 is 1.65 bits per heavy atom. The van der Waals surface area contributed by atoms with E-state index in [0.717, 1.165) is 6.42 Å². The van der Waals surface area contributed by atoms with Gasteiger partial charge in [-0.3, -0.25) is 0 Å². The third kappa shape index (κ3) is 1.91. The van der Waals surface area contributed by atoms with E-state index in [0.29, 0.717) is 0 Å². The second kappa shape index (κ2) is 4.77. The van der Waals surface area contributed by atoms with Crippen LogP contribution in [0.15, 0.2) is 60.7 Å². The molecule has 3 aromatic rings. The summed E-state index contributed by atoms with van der Waals surface area (Å²) in [5, 5.41) is 1.37. The number of fused-ring (bicyclic) bond motifs is 3. The summed E-state index contributed by atoms with van der Waals surface area (Å²) in [6.07, 6.45) is 7.91. The highest BCUT2D eigenvalue weighted by atomic mass is 32.1. The molecule has 0 fully saturated rings. The fourth-order valence-corrected chi connectivity index (χ4v) is 3.85.